The Kier molecular flexibility index (Phi) is 4.83. The number of nitrogens with one attached hydrogen (secondary N) is 1. The molecule has 0 amide bonds. The predicted octanol–water partition coefficient (Wildman–Crippen LogP) is 4.22. The van der Waals surface area contributed by atoms with Gasteiger partial charge >= 0.3 is 0 Å². The lowest BCUT2D eigenvalue weighted by molar-refractivity contribution is 0.476. The fourth-order valence-corrected chi connectivity index (χ4v) is 5.68. The molecule has 2 unspecified atom stereocenters. The third-order valence-electron chi connectivity index (χ3n) is 3.40. The molecule has 1 N–H and O–H groups in total. The summed E-state index contributed by atoms with van der Waals surface area (Å²) < 4.78 is 28.1. The largest absolute Gasteiger partial charge is 0.243 e. The van der Waals surface area contributed by atoms with Gasteiger partial charge in [-0.3, -0.25) is 0 Å². The maximum Gasteiger partial charge on any atom is 0.243 e. The molecule has 0 saturated heterocycles. The van der Waals surface area contributed by atoms with Crippen molar-refractivity contribution in [2.45, 2.75) is 37.1 Å². The van der Waals surface area contributed by atoms with E-state index in [1.807, 2.05) is 6.92 Å². The number of sulfonamides is 1. The highest BCUT2D eigenvalue weighted by atomic mass is 79.9. The van der Waals surface area contributed by atoms with Crippen LogP contribution in [0.25, 0.3) is 0 Å². The highest BCUT2D eigenvalue weighted by Gasteiger charge is 2.30. The molecule has 0 heterocycles. The van der Waals surface area contributed by atoms with Gasteiger partial charge in [0.2, 0.25) is 10.0 Å². The molecule has 0 spiro atoms. The number of benzene rings is 1. The van der Waals surface area contributed by atoms with Crippen LogP contribution in [0.1, 0.15) is 26.2 Å². The van der Waals surface area contributed by atoms with Crippen LogP contribution >= 0.6 is 39.1 Å². The fraction of sp³-hybridized carbons (Fsp3) is 0.500. The topological polar surface area (TPSA) is 46.2 Å². The Bertz CT molecular complexity index is 568. The minimum Gasteiger partial charge on any atom is -0.208 e. The van der Waals surface area contributed by atoms with Crippen molar-refractivity contribution in [1.29, 1.82) is 0 Å². The standard InChI is InChI=1S/C12H14BrCl2NO2S/c1-7-3-2-4-11(7)16-19(17,18)12-9(14)5-8(13)6-10(12)15/h5-7,11,16H,2-4H2,1H3. The lowest BCUT2D eigenvalue weighted by Gasteiger charge is -2.18. The summed E-state index contributed by atoms with van der Waals surface area (Å²) in [4.78, 5) is -0.0434. The molecule has 106 valence electrons. The zero-order valence-corrected chi connectivity index (χ0v) is 14.2. The van der Waals surface area contributed by atoms with Gasteiger partial charge in [-0.1, -0.05) is 52.5 Å². The summed E-state index contributed by atoms with van der Waals surface area (Å²) in [5, 5.41) is 0.245. The van der Waals surface area contributed by atoms with Crippen LogP contribution in [0, 0.1) is 5.92 Å². The van der Waals surface area contributed by atoms with Gasteiger partial charge in [-0.05, 0) is 30.9 Å². The molecule has 0 radical (unpaired) electrons. The van der Waals surface area contributed by atoms with Gasteiger partial charge in [0, 0.05) is 10.5 Å². The third kappa shape index (κ3) is 3.45. The van der Waals surface area contributed by atoms with Crippen molar-refractivity contribution >= 4 is 49.2 Å². The van der Waals surface area contributed by atoms with Gasteiger partial charge in [0.05, 0.1) is 10.0 Å². The maximum atomic E-state index is 12.4. The second kappa shape index (κ2) is 5.90. The summed E-state index contributed by atoms with van der Waals surface area (Å²) in [5.74, 6) is 0.336. The maximum absolute atomic E-state index is 12.4. The van der Waals surface area contributed by atoms with Crippen LogP contribution in [0.3, 0.4) is 0 Å². The van der Waals surface area contributed by atoms with Gasteiger partial charge in [-0.15, -0.1) is 0 Å². The van der Waals surface area contributed by atoms with Crippen molar-refractivity contribution in [3.05, 3.63) is 26.7 Å². The molecule has 19 heavy (non-hydrogen) atoms. The summed E-state index contributed by atoms with van der Waals surface area (Å²) in [5.41, 5.74) is 0. The first kappa shape index (κ1) is 15.6. The number of hydrogen-bond donors (Lipinski definition) is 1. The van der Waals surface area contributed by atoms with Crippen molar-refractivity contribution in [1.82, 2.24) is 4.72 Å². The first-order chi connectivity index (χ1) is 8.81. The Labute approximate surface area is 131 Å². The van der Waals surface area contributed by atoms with Gasteiger partial charge in [0.15, 0.2) is 0 Å². The smallest absolute Gasteiger partial charge is 0.208 e. The van der Waals surface area contributed by atoms with Crippen LogP contribution < -0.4 is 4.72 Å². The molecule has 7 heteroatoms. The number of rotatable bonds is 3. The molecule has 1 saturated carbocycles. The Morgan fingerprint density at radius 2 is 1.84 bits per heavy atom. The molecule has 0 aliphatic heterocycles. The van der Waals surface area contributed by atoms with Gasteiger partial charge in [0.1, 0.15) is 4.90 Å². The van der Waals surface area contributed by atoms with Crippen LogP contribution in [-0.2, 0) is 10.0 Å². The molecule has 2 atom stereocenters. The first-order valence-electron chi connectivity index (χ1n) is 5.98. The molecular formula is C12H14BrCl2NO2S. The number of halogens is 3. The molecule has 2 rings (SSSR count). The van der Waals surface area contributed by atoms with Crippen molar-refractivity contribution in [2.75, 3.05) is 0 Å². The van der Waals surface area contributed by atoms with Crippen LogP contribution in [0.4, 0.5) is 0 Å². The molecule has 0 bridgehead atoms. The molecule has 1 fully saturated rings. The normalized spacial score (nSPS) is 23.8. The summed E-state index contributed by atoms with van der Waals surface area (Å²) >= 11 is 15.2. The van der Waals surface area contributed by atoms with Crippen LogP contribution in [0.15, 0.2) is 21.5 Å². The van der Waals surface area contributed by atoms with Crippen molar-refractivity contribution < 1.29 is 8.42 Å². The van der Waals surface area contributed by atoms with Crippen molar-refractivity contribution in [3.63, 3.8) is 0 Å². The SMILES string of the molecule is CC1CCCC1NS(=O)(=O)c1c(Cl)cc(Br)cc1Cl. The summed E-state index contributed by atoms with van der Waals surface area (Å²) in [7, 11) is -3.69. The predicted molar refractivity (Wildman–Crippen MR) is 81.3 cm³/mol. The van der Waals surface area contributed by atoms with E-state index in [0.717, 1.165) is 19.3 Å². The van der Waals surface area contributed by atoms with E-state index >= 15 is 0 Å². The molecule has 1 aromatic rings. The van der Waals surface area contributed by atoms with E-state index in [1.54, 1.807) is 0 Å². The summed E-state index contributed by atoms with van der Waals surface area (Å²) in [6.07, 6.45) is 2.93. The minimum absolute atomic E-state index is 0.0409. The van der Waals surface area contributed by atoms with Gasteiger partial charge < -0.3 is 0 Å². The monoisotopic (exact) mass is 385 g/mol. The second-order valence-electron chi connectivity index (χ2n) is 4.83. The Hall–Kier alpha value is 0.190. The molecule has 1 aliphatic carbocycles. The quantitative estimate of drug-likeness (QED) is 0.844. The Morgan fingerprint density at radius 3 is 2.32 bits per heavy atom. The highest BCUT2D eigenvalue weighted by molar-refractivity contribution is 9.10. The van der Waals surface area contributed by atoms with Crippen LogP contribution in [0.2, 0.25) is 10.0 Å². The Morgan fingerprint density at radius 1 is 1.26 bits per heavy atom. The van der Waals surface area contributed by atoms with E-state index < -0.39 is 10.0 Å². The van der Waals surface area contributed by atoms with Crippen molar-refractivity contribution in [2.24, 2.45) is 5.92 Å². The molecule has 1 aromatic carbocycles. The molecular weight excluding hydrogens is 373 g/mol. The first-order valence-corrected chi connectivity index (χ1v) is 9.01. The van der Waals surface area contributed by atoms with Gasteiger partial charge in [-0.2, -0.15) is 0 Å². The van der Waals surface area contributed by atoms with Crippen molar-refractivity contribution in [3.8, 4) is 0 Å². The van der Waals surface area contributed by atoms with Crippen LogP contribution in [0.5, 0.6) is 0 Å². The minimum atomic E-state index is -3.69. The second-order valence-corrected chi connectivity index (χ2v) is 8.22. The molecule has 0 aromatic heterocycles. The zero-order chi connectivity index (χ0) is 14.2. The van der Waals surface area contributed by atoms with Crippen LogP contribution in [-0.4, -0.2) is 14.5 Å². The van der Waals surface area contributed by atoms with Gasteiger partial charge in [0.25, 0.3) is 0 Å². The lowest BCUT2D eigenvalue weighted by Crippen LogP contribution is -2.36. The Balaban J connectivity index is 2.34. The van der Waals surface area contributed by atoms with E-state index in [0.29, 0.717) is 10.4 Å². The highest BCUT2D eigenvalue weighted by Crippen LogP contribution is 2.34. The van der Waals surface area contributed by atoms with E-state index in [-0.39, 0.29) is 21.0 Å². The summed E-state index contributed by atoms with van der Waals surface area (Å²) in [6, 6.07) is 3.01. The average Bonchev–Trinajstić information content (AvgIpc) is 2.61. The molecule has 1 aliphatic rings. The average molecular weight is 387 g/mol. The van der Waals surface area contributed by atoms with E-state index in [2.05, 4.69) is 20.7 Å². The summed E-state index contributed by atoms with van der Waals surface area (Å²) in [6.45, 7) is 2.05. The van der Waals surface area contributed by atoms with Gasteiger partial charge in [-0.25, -0.2) is 13.1 Å². The van der Waals surface area contributed by atoms with E-state index in [1.165, 1.54) is 12.1 Å². The van der Waals surface area contributed by atoms with E-state index in [4.69, 9.17) is 23.2 Å². The number of hydrogen-bond acceptors (Lipinski definition) is 2. The molecule has 3 nitrogen and oxygen atoms in total. The third-order valence-corrected chi connectivity index (χ3v) is 6.27. The van der Waals surface area contributed by atoms with E-state index in [9.17, 15) is 8.42 Å². The fourth-order valence-electron chi connectivity index (χ4n) is 2.36. The zero-order valence-electron chi connectivity index (χ0n) is 10.3. The lowest BCUT2D eigenvalue weighted by atomic mass is 10.1.